The first-order valence-corrected chi connectivity index (χ1v) is 7.54. The van der Waals surface area contributed by atoms with Gasteiger partial charge in [-0.15, -0.1) is 11.6 Å². The van der Waals surface area contributed by atoms with E-state index in [9.17, 15) is 0 Å². The van der Waals surface area contributed by atoms with Gasteiger partial charge in [0.25, 0.3) is 0 Å². The summed E-state index contributed by atoms with van der Waals surface area (Å²) < 4.78 is 0. The monoisotopic (exact) mass is 282 g/mol. The first-order chi connectivity index (χ1) is 8.74. The van der Waals surface area contributed by atoms with Gasteiger partial charge in [-0.2, -0.15) is 0 Å². The molecule has 19 heavy (non-hydrogen) atoms. The van der Waals surface area contributed by atoms with E-state index in [-0.39, 0.29) is 10.8 Å². The fourth-order valence-electron chi connectivity index (χ4n) is 1.91. The van der Waals surface area contributed by atoms with E-state index in [2.05, 4.69) is 57.1 Å². The molecule has 1 rings (SSSR count). The van der Waals surface area contributed by atoms with Crippen LogP contribution in [0.3, 0.4) is 0 Å². The Kier molecular flexibility index (Phi) is 5.66. The number of hydrogen-bond acceptors (Lipinski definition) is 2. The normalized spacial score (nSPS) is 12.5. The molecule has 0 unspecified atom stereocenters. The van der Waals surface area contributed by atoms with E-state index in [1.807, 2.05) is 6.20 Å². The van der Waals surface area contributed by atoms with Crippen LogP contribution in [0.15, 0.2) is 18.3 Å². The van der Waals surface area contributed by atoms with Gasteiger partial charge in [-0.3, -0.25) is 0 Å². The smallest absolute Gasteiger partial charge is 0.125 e. The van der Waals surface area contributed by atoms with E-state index in [1.54, 1.807) is 0 Å². The van der Waals surface area contributed by atoms with Gasteiger partial charge in [-0.1, -0.05) is 40.7 Å². The summed E-state index contributed by atoms with van der Waals surface area (Å²) in [5.74, 6) is 1.69. The molecule has 1 aromatic heterocycles. The van der Waals surface area contributed by atoms with Crippen LogP contribution in [-0.2, 0) is 5.41 Å². The standard InChI is InChI=1S/C16H27ClN2/c1-15(2,3)13-7-8-14(18-11-13)19-12-16(4,5)9-6-10-17/h7-8,11H,6,9-10,12H2,1-5H3,(H,18,19). The Morgan fingerprint density at radius 3 is 2.32 bits per heavy atom. The van der Waals surface area contributed by atoms with Crippen LogP contribution in [0.25, 0.3) is 0 Å². The Hall–Kier alpha value is -0.760. The molecule has 0 saturated heterocycles. The Morgan fingerprint density at radius 2 is 1.84 bits per heavy atom. The average Bonchev–Trinajstić information content (AvgIpc) is 2.34. The minimum atomic E-state index is 0.158. The molecule has 0 amide bonds. The predicted molar refractivity (Wildman–Crippen MR) is 85.2 cm³/mol. The van der Waals surface area contributed by atoms with Gasteiger partial charge in [0.05, 0.1) is 0 Å². The lowest BCUT2D eigenvalue weighted by molar-refractivity contribution is 0.355. The third-order valence-electron chi connectivity index (χ3n) is 3.36. The lowest BCUT2D eigenvalue weighted by Gasteiger charge is -2.25. The summed E-state index contributed by atoms with van der Waals surface area (Å²) in [7, 11) is 0. The molecule has 108 valence electrons. The number of anilines is 1. The zero-order chi connectivity index (χ0) is 14.5. The van der Waals surface area contributed by atoms with E-state index < -0.39 is 0 Å². The van der Waals surface area contributed by atoms with Crippen molar-refractivity contribution in [2.24, 2.45) is 5.41 Å². The van der Waals surface area contributed by atoms with Crippen molar-refractivity contribution in [3.63, 3.8) is 0 Å². The summed E-state index contributed by atoms with van der Waals surface area (Å²) in [6.07, 6.45) is 4.16. The van der Waals surface area contributed by atoms with E-state index in [0.29, 0.717) is 0 Å². The van der Waals surface area contributed by atoms with Gasteiger partial charge in [-0.25, -0.2) is 4.98 Å². The topological polar surface area (TPSA) is 24.9 Å². The second kappa shape index (κ2) is 6.60. The Bertz CT molecular complexity index is 377. The van der Waals surface area contributed by atoms with Gasteiger partial charge in [0.2, 0.25) is 0 Å². The molecule has 0 saturated carbocycles. The van der Waals surface area contributed by atoms with Crippen molar-refractivity contribution in [3.8, 4) is 0 Å². The fraction of sp³-hybridized carbons (Fsp3) is 0.688. The maximum atomic E-state index is 5.75. The minimum Gasteiger partial charge on any atom is -0.370 e. The first kappa shape index (κ1) is 16.3. The minimum absolute atomic E-state index is 0.158. The number of nitrogens with zero attached hydrogens (tertiary/aromatic N) is 1. The molecule has 0 aliphatic heterocycles. The summed E-state index contributed by atoms with van der Waals surface area (Å²) in [6, 6.07) is 4.22. The predicted octanol–water partition coefficient (Wildman–Crippen LogP) is 4.84. The van der Waals surface area contributed by atoms with Gasteiger partial charge < -0.3 is 5.32 Å². The molecule has 0 fully saturated rings. The highest BCUT2D eigenvalue weighted by molar-refractivity contribution is 6.17. The summed E-state index contributed by atoms with van der Waals surface area (Å²) >= 11 is 5.75. The quantitative estimate of drug-likeness (QED) is 0.756. The maximum Gasteiger partial charge on any atom is 0.125 e. The summed E-state index contributed by atoms with van der Waals surface area (Å²) in [5, 5.41) is 3.42. The van der Waals surface area contributed by atoms with Crippen LogP contribution in [-0.4, -0.2) is 17.4 Å². The van der Waals surface area contributed by atoms with Crippen LogP contribution in [0, 0.1) is 5.41 Å². The number of halogens is 1. The van der Waals surface area contributed by atoms with Crippen LogP contribution in [0.1, 0.15) is 53.0 Å². The Labute approximate surface area is 123 Å². The number of aromatic nitrogens is 1. The molecule has 0 aliphatic carbocycles. The molecule has 0 spiro atoms. The second-order valence-electron chi connectivity index (χ2n) is 6.99. The van der Waals surface area contributed by atoms with E-state index in [4.69, 9.17) is 11.6 Å². The SMILES string of the molecule is CC(C)(CCCCl)CNc1ccc(C(C)(C)C)cn1. The molecular weight excluding hydrogens is 256 g/mol. The Morgan fingerprint density at radius 1 is 1.16 bits per heavy atom. The molecular formula is C16H27ClN2. The highest BCUT2D eigenvalue weighted by Crippen LogP contribution is 2.24. The van der Waals surface area contributed by atoms with Crippen molar-refractivity contribution in [1.82, 2.24) is 4.98 Å². The summed E-state index contributed by atoms with van der Waals surface area (Å²) in [4.78, 5) is 4.49. The number of pyridine rings is 1. The molecule has 0 bridgehead atoms. The lowest BCUT2D eigenvalue weighted by atomic mass is 9.88. The third kappa shape index (κ3) is 5.82. The van der Waals surface area contributed by atoms with Crippen molar-refractivity contribution < 1.29 is 0 Å². The highest BCUT2D eigenvalue weighted by Gasteiger charge is 2.17. The number of nitrogens with one attached hydrogen (secondary N) is 1. The van der Waals surface area contributed by atoms with Gasteiger partial charge in [0, 0.05) is 18.6 Å². The summed E-state index contributed by atoms with van der Waals surface area (Å²) in [6.45, 7) is 12.0. The average molecular weight is 283 g/mol. The maximum absolute atomic E-state index is 5.75. The molecule has 3 heteroatoms. The molecule has 2 nitrogen and oxygen atoms in total. The first-order valence-electron chi connectivity index (χ1n) is 7.01. The van der Waals surface area contributed by atoms with Gasteiger partial charge >= 0.3 is 0 Å². The number of rotatable bonds is 6. The number of alkyl halides is 1. The van der Waals surface area contributed by atoms with Crippen molar-refractivity contribution in [2.45, 2.75) is 52.9 Å². The molecule has 1 N–H and O–H groups in total. The largest absolute Gasteiger partial charge is 0.370 e. The second-order valence-corrected chi connectivity index (χ2v) is 7.37. The lowest BCUT2D eigenvalue weighted by Crippen LogP contribution is -2.23. The molecule has 0 aromatic carbocycles. The van der Waals surface area contributed by atoms with Crippen LogP contribution in [0.5, 0.6) is 0 Å². The van der Waals surface area contributed by atoms with Gasteiger partial charge in [0.1, 0.15) is 5.82 Å². The molecule has 0 atom stereocenters. The highest BCUT2D eigenvalue weighted by atomic mass is 35.5. The number of hydrogen-bond donors (Lipinski definition) is 1. The van der Waals surface area contributed by atoms with Crippen LogP contribution in [0.2, 0.25) is 0 Å². The van der Waals surface area contributed by atoms with Crippen molar-refractivity contribution in [2.75, 3.05) is 17.7 Å². The zero-order valence-corrected chi connectivity index (χ0v) is 13.6. The zero-order valence-electron chi connectivity index (χ0n) is 12.9. The van der Waals surface area contributed by atoms with Crippen LogP contribution in [0.4, 0.5) is 5.82 Å². The van der Waals surface area contributed by atoms with Crippen LogP contribution >= 0.6 is 11.6 Å². The molecule has 1 aromatic rings. The van der Waals surface area contributed by atoms with Gasteiger partial charge in [0.15, 0.2) is 0 Å². The van der Waals surface area contributed by atoms with Crippen molar-refractivity contribution in [3.05, 3.63) is 23.9 Å². The summed E-state index contributed by atoms with van der Waals surface area (Å²) in [5.41, 5.74) is 1.67. The van der Waals surface area contributed by atoms with E-state index in [0.717, 1.165) is 31.1 Å². The van der Waals surface area contributed by atoms with Crippen LogP contribution < -0.4 is 5.32 Å². The molecule has 1 heterocycles. The Balaban J connectivity index is 2.54. The van der Waals surface area contributed by atoms with Crippen molar-refractivity contribution >= 4 is 17.4 Å². The molecule has 0 aliphatic rings. The third-order valence-corrected chi connectivity index (χ3v) is 3.63. The molecule has 0 radical (unpaired) electrons. The fourth-order valence-corrected chi connectivity index (χ4v) is 2.04. The van der Waals surface area contributed by atoms with Gasteiger partial charge in [-0.05, 0) is 35.3 Å². The van der Waals surface area contributed by atoms with Crippen molar-refractivity contribution in [1.29, 1.82) is 0 Å². The van der Waals surface area contributed by atoms with E-state index in [1.165, 1.54) is 5.56 Å². The van der Waals surface area contributed by atoms with E-state index >= 15 is 0 Å².